The van der Waals surface area contributed by atoms with E-state index in [-0.39, 0.29) is 11.8 Å². The Labute approximate surface area is 92.0 Å². The van der Waals surface area contributed by atoms with E-state index < -0.39 is 0 Å². The fourth-order valence-electron chi connectivity index (χ4n) is 2.85. The molecule has 1 saturated heterocycles. The summed E-state index contributed by atoms with van der Waals surface area (Å²) < 4.78 is 0. The number of carbonyl (C=O) groups is 1. The molecule has 0 spiro atoms. The van der Waals surface area contributed by atoms with Crippen molar-refractivity contribution in [2.45, 2.75) is 39.0 Å². The van der Waals surface area contributed by atoms with Gasteiger partial charge in [0.25, 0.3) is 0 Å². The molecule has 0 aromatic rings. The molecule has 0 aromatic carbocycles. The summed E-state index contributed by atoms with van der Waals surface area (Å²) in [5.41, 5.74) is 5.89. The topological polar surface area (TPSA) is 46.3 Å². The van der Waals surface area contributed by atoms with Crippen molar-refractivity contribution in [1.82, 2.24) is 4.90 Å². The monoisotopic (exact) mass is 210 g/mol. The average molecular weight is 210 g/mol. The van der Waals surface area contributed by atoms with E-state index in [4.69, 9.17) is 5.73 Å². The number of nitrogens with two attached hydrogens (primary N) is 1. The third kappa shape index (κ3) is 2.51. The molecule has 2 fully saturated rings. The van der Waals surface area contributed by atoms with E-state index in [1.54, 1.807) is 0 Å². The van der Waals surface area contributed by atoms with Crippen molar-refractivity contribution >= 4 is 5.91 Å². The predicted octanol–water partition coefficient (Wildman–Crippen LogP) is 1.37. The molecule has 1 amide bonds. The largest absolute Gasteiger partial charge is 0.369 e. The average Bonchev–Trinajstić information content (AvgIpc) is 2.16. The van der Waals surface area contributed by atoms with Gasteiger partial charge in [0.1, 0.15) is 0 Å². The van der Waals surface area contributed by atoms with Gasteiger partial charge >= 0.3 is 0 Å². The van der Waals surface area contributed by atoms with Crippen LogP contribution < -0.4 is 5.73 Å². The summed E-state index contributed by atoms with van der Waals surface area (Å²) in [6.07, 6.45) is 6.08. The second-order valence-corrected chi connectivity index (χ2v) is 5.62. The van der Waals surface area contributed by atoms with Gasteiger partial charge in [0.2, 0.25) is 5.91 Å². The third-order valence-corrected chi connectivity index (χ3v) is 4.16. The van der Waals surface area contributed by atoms with Crippen LogP contribution in [0, 0.1) is 11.3 Å². The molecule has 1 aliphatic heterocycles. The quantitative estimate of drug-likeness (QED) is 0.765. The standard InChI is InChI=1S/C12H22N2O/c1-12(5-2-6-12)9-14-7-3-10(4-8-14)11(13)15/h10H,2-9H2,1H3,(H2,13,15). The summed E-state index contributed by atoms with van der Waals surface area (Å²) in [7, 11) is 0. The zero-order valence-corrected chi connectivity index (χ0v) is 9.67. The number of hydrogen-bond donors (Lipinski definition) is 1. The minimum Gasteiger partial charge on any atom is -0.369 e. The second kappa shape index (κ2) is 4.12. The first-order valence-corrected chi connectivity index (χ1v) is 6.11. The molecule has 15 heavy (non-hydrogen) atoms. The van der Waals surface area contributed by atoms with Gasteiger partial charge in [-0.05, 0) is 44.2 Å². The maximum absolute atomic E-state index is 11.0. The Kier molecular flexibility index (Phi) is 3.01. The molecule has 86 valence electrons. The first kappa shape index (κ1) is 10.9. The van der Waals surface area contributed by atoms with Crippen molar-refractivity contribution in [2.75, 3.05) is 19.6 Å². The lowest BCUT2D eigenvalue weighted by atomic mass is 9.70. The van der Waals surface area contributed by atoms with Gasteiger partial charge in [0, 0.05) is 12.5 Å². The SMILES string of the molecule is CC1(CN2CCC(C(N)=O)CC2)CCC1. The lowest BCUT2D eigenvalue weighted by Gasteiger charge is -2.44. The van der Waals surface area contributed by atoms with E-state index in [1.807, 2.05) is 0 Å². The van der Waals surface area contributed by atoms with Crippen LogP contribution in [0.2, 0.25) is 0 Å². The predicted molar refractivity (Wildman–Crippen MR) is 60.3 cm³/mol. The molecule has 0 bridgehead atoms. The number of primary amides is 1. The van der Waals surface area contributed by atoms with Crippen LogP contribution in [0.1, 0.15) is 39.0 Å². The van der Waals surface area contributed by atoms with E-state index in [2.05, 4.69) is 11.8 Å². The molecule has 1 aliphatic carbocycles. The smallest absolute Gasteiger partial charge is 0.220 e. The van der Waals surface area contributed by atoms with Crippen LogP contribution in [-0.4, -0.2) is 30.4 Å². The van der Waals surface area contributed by atoms with Crippen LogP contribution in [0.4, 0.5) is 0 Å². The van der Waals surface area contributed by atoms with Crippen LogP contribution in [0.15, 0.2) is 0 Å². The van der Waals surface area contributed by atoms with Gasteiger partial charge in [0.15, 0.2) is 0 Å². The van der Waals surface area contributed by atoms with Crippen LogP contribution in [0.3, 0.4) is 0 Å². The summed E-state index contributed by atoms with van der Waals surface area (Å²) >= 11 is 0. The van der Waals surface area contributed by atoms with E-state index in [1.165, 1.54) is 25.8 Å². The molecule has 2 aliphatic rings. The number of rotatable bonds is 3. The maximum Gasteiger partial charge on any atom is 0.220 e. The molecule has 0 radical (unpaired) electrons. The number of nitrogens with zero attached hydrogens (tertiary/aromatic N) is 1. The van der Waals surface area contributed by atoms with E-state index in [0.29, 0.717) is 5.41 Å². The van der Waals surface area contributed by atoms with Crippen LogP contribution in [0.5, 0.6) is 0 Å². The molecule has 0 unspecified atom stereocenters. The van der Waals surface area contributed by atoms with Crippen molar-refractivity contribution in [1.29, 1.82) is 0 Å². The highest BCUT2D eigenvalue weighted by molar-refractivity contribution is 5.76. The molecule has 2 rings (SSSR count). The molecule has 3 nitrogen and oxygen atoms in total. The van der Waals surface area contributed by atoms with E-state index in [9.17, 15) is 4.79 Å². The minimum atomic E-state index is -0.107. The number of amides is 1. The summed E-state index contributed by atoms with van der Waals surface area (Å²) in [5.74, 6) is 0.0277. The maximum atomic E-state index is 11.0. The van der Waals surface area contributed by atoms with Gasteiger partial charge in [-0.15, -0.1) is 0 Å². The Hall–Kier alpha value is -0.570. The molecular formula is C12H22N2O. The highest BCUT2D eigenvalue weighted by Crippen LogP contribution is 2.41. The molecule has 2 N–H and O–H groups in total. The van der Waals surface area contributed by atoms with Crippen molar-refractivity contribution in [3.63, 3.8) is 0 Å². The van der Waals surface area contributed by atoms with Gasteiger partial charge in [0.05, 0.1) is 0 Å². The number of likely N-dealkylation sites (tertiary alicyclic amines) is 1. The number of carbonyl (C=O) groups excluding carboxylic acids is 1. The highest BCUT2D eigenvalue weighted by atomic mass is 16.1. The first-order chi connectivity index (χ1) is 7.09. The van der Waals surface area contributed by atoms with Crippen LogP contribution in [0.25, 0.3) is 0 Å². The zero-order chi connectivity index (χ0) is 10.9. The number of hydrogen-bond acceptors (Lipinski definition) is 2. The minimum absolute atomic E-state index is 0.107. The molecule has 3 heteroatoms. The van der Waals surface area contributed by atoms with Crippen LogP contribution in [-0.2, 0) is 4.79 Å². The molecular weight excluding hydrogens is 188 g/mol. The highest BCUT2D eigenvalue weighted by Gasteiger charge is 2.34. The second-order valence-electron chi connectivity index (χ2n) is 5.62. The summed E-state index contributed by atoms with van der Waals surface area (Å²) in [6.45, 7) is 5.72. The number of piperidine rings is 1. The molecule has 0 aromatic heterocycles. The van der Waals surface area contributed by atoms with Crippen molar-refractivity contribution in [3.8, 4) is 0 Å². The Morgan fingerprint density at radius 1 is 1.40 bits per heavy atom. The van der Waals surface area contributed by atoms with Crippen molar-refractivity contribution in [3.05, 3.63) is 0 Å². The lowest BCUT2D eigenvalue weighted by molar-refractivity contribution is -0.123. The Bertz CT molecular complexity index is 240. The summed E-state index contributed by atoms with van der Waals surface area (Å²) in [6, 6.07) is 0. The van der Waals surface area contributed by atoms with E-state index in [0.717, 1.165) is 25.9 Å². The summed E-state index contributed by atoms with van der Waals surface area (Å²) in [5, 5.41) is 0. The Balaban J connectivity index is 1.76. The van der Waals surface area contributed by atoms with Gasteiger partial charge in [-0.25, -0.2) is 0 Å². The van der Waals surface area contributed by atoms with Crippen molar-refractivity contribution in [2.24, 2.45) is 17.1 Å². The lowest BCUT2D eigenvalue weighted by Crippen LogP contribution is -2.45. The first-order valence-electron chi connectivity index (χ1n) is 6.11. The third-order valence-electron chi connectivity index (χ3n) is 4.16. The van der Waals surface area contributed by atoms with Gasteiger partial charge in [-0.3, -0.25) is 4.79 Å². The van der Waals surface area contributed by atoms with Crippen molar-refractivity contribution < 1.29 is 4.79 Å². The normalized spacial score (nSPS) is 27.3. The fourth-order valence-corrected chi connectivity index (χ4v) is 2.85. The van der Waals surface area contributed by atoms with Gasteiger partial charge in [-0.2, -0.15) is 0 Å². The summed E-state index contributed by atoms with van der Waals surface area (Å²) in [4.78, 5) is 13.5. The van der Waals surface area contributed by atoms with Crippen LogP contribution >= 0.6 is 0 Å². The molecule has 1 heterocycles. The van der Waals surface area contributed by atoms with Gasteiger partial charge < -0.3 is 10.6 Å². The van der Waals surface area contributed by atoms with Gasteiger partial charge in [-0.1, -0.05) is 13.3 Å². The Morgan fingerprint density at radius 3 is 2.40 bits per heavy atom. The molecule has 1 saturated carbocycles. The zero-order valence-electron chi connectivity index (χ0n) is 9.67. The molecule has 0 atom stereocenters. The van der Waals surface area contributed by atoms with E-state index >= 15 is 0 Å². The fraction of sp³-hybridized carbons (Fsp3) is 0.917. The Morgan fingerprint density at radius 2 is 2.00 bits per heavy atom.